The normalized spacial score (nSPS) is 12.1. The molecule has 162 valence electrons. The third-order valence-electron chi connectivity index (χ3n) is 4.75. The van der Waals surface area contributed by atoms with Crippen LogP contribution in [-0.2, 0) is 11.3 Å². The van der Waals surface area contributed by atoms with E-state index in [1.807, 2.05) is 12.1 Å². The summed E-state index contributed by atoms with van der Waals surface area (Å²) in [4.78, 5) is 40.7. The summed E-state index contributed by atoms with van der Waals surface area (Å²) in [5, 5.41) is 14.0. The van der Waals surface area contributed by atoms with Gasteiger partial charge >= 0.3 is 0 Å². The highest BCUT2D eigenvalue weighted by Crippen LogP contribution is 2.25. The second-order valence-corrected chi connectivity index (χ2v) is 8.91. The predicted octanol–water partition coefficient (Wildman–Crippen LogP) is 4.47. The molecule has 1 amide bonds. The summed E-state index contributed by atoms with van der Waals surface area (Å²) in [5.41, 5.74) is 0.900. The van der Waals surface area contributed by atoms with Gasteiger partial charge in [-0.2, -0.15) is 0 Å². The fourth-order valence-corrected chi connectivity index (χ4v) is 3.88. The number of aromatic nitrogens is 2. The first-order valence-corrected chi connectivity index (χ1v) is 10.9. The fourth-order valence-electron chi connectivity index (χ4n) is 2.94. The number of hydrogen-bond acceptors (Lipinski definition) is 6. The Morgan fingerprint density at radius 2 is 1.84 bits per heavy atom. The average molecular weight is 441 g/mol. The fraction of sp³-hybridized carbons (Fsp3) is 0.318. The van der Waals surface area contributed by atoms with Crippen molar-refractivity contribution in [2.75, 3.05) is 5.32 Å². The standard InChI is InChI=1S/C22H24N4O4S/c1-14(2)12-13-25-21(28)18-6-4-5-7-19(18)24-22(25)31-15(3)20(27)23-16-8-10-17(11-9-16)26(29)30/h4-11,14-15H,12-13H2,1-3H3,(H,23,27). The number of carbonyl (C=O) groups excluding carboxylic acids is 1. The third-order valence-corrected chi connectivity index (χ3v) is 5.84. The summed E-state index contributed by atoms with van der Waals surface area (Å²) in [7, 11) is 0. The molecule has 0 aliphatic rings. The zero-order valence-corrected chi connectivity index (χ0v) is 18.4. The molecule has 8 nitrogen and oxygen atoms in total. The first-order valence-electron chi connectivity index (χ1n) is 9.98. The number of hydrogen-bond donors (Lipinski definition) is 1. The Hall–Kier alpha value is -3.20. The summed E-state index contributed by atoms with van der Waals surface area (Å²) in [5.74, 6) is 0.135. The molecule has 1 N–H and O–H groups in total. The van der Waals surface area contributed by atoms with Gasteiger partial charge in [-0.05, 0) is 43.5 Å². The van der Waals surface area contributed by atoms with E-state index in [0.717, 1.165) is 6.42 Å². The highest BCUT2D eigenvalue weighted by atomic mass is 32.2. The SMILES string of the molecule is CC(C)CCn1c(SC(C)C(=O)Nc2ccc([N+](=O)[O-])cc2)nc2ccccc2c1=O. The number of fused-ring (bicyclic) bond motifs is 1. The molecule has 31 heavy (non-hydrogen) atoms. The van der Waals surface area contributed by atoms with Crippen molar-refractivity contribution in [1.82, 2.24) is 9.55 Å². The van der Waals surface area contributed by atoms with Crippen LogP contribution in [0.2, 0.25) is 0 Å². The van der Waals surface area contributed by atoms with Gasteiger partial charge in [-0.15, -0.1) is 0 Å². The van der Waals surface area contributed by atoms with Crippen molar-refractivity contribution in [2.45, 2.75) is 44.1 Å². The van der Waals surface area contributed by atoms with E-state index in [0.29, 0.717) is 34.2 Å². The van der Waals surface area contributed by atoms with Crippen LogP contribution in [0, 0.1) is 16.0 Å². The van der Waals surface area contributed by atoms with Crippen molar-refractivity contribution < 1.29 is 9.72 Å². The van der Waals surface area contributed by atoms with Crippen molar-refractivity contribution in [3.8, 4) is 0 Å². The minimum atomic E-state index is -0.534. The second-order valence-electron chi connectivity index (χ2n) is 7.60. The topological polar surface area (TPSA) is 107 Å². The molecular formula is C22H24N4O4S. The molecule has 0 spiro atoms. The zero-order valence-electron chi connectivity index (χ0n) is 17.6. The van der Waals surface area contributed by atoms with E-state index in [2.05, 4.69) is 24.1 Å². The summed E-state index contributed by atoms with van der Waals surface area (Å²) in [6.45, 7) is 6.44. The van der Waals surface area contributed by atoms with Crippen LogP contribution in [-0.4, -0.2) is 25.6 Å². The molecule has 2 aromatic carbocycles. The van der Waals surface area contributed by atoms with Crippen LogP contribution in [0.25, 0.3) is 10.9 Å². The van der Waals surface area contributed by atoms with Crippen molar-refractivity contribution in [3.05, 3.63) is 69.0 Å². The lowest BCUT2D eigenvalue weighted by Gasteiger charge is -2.17. The molecule has 1 unspecified atom stereocenters. The highest BCUT2D eigenvalue weighted by molar-refractivity contribution is 8.00. The van der Waals surface area contributed by atoms with Gasteiger partial charge in [-0.25, -0.2) is 4.98 Å². The maximum atomic E-state index is 13.0. The van der Waals surface area contributed by atoms with Crippen LogP contribution in [0.15, 0.2) is 58.5 Å². The number of nitro groups is 1. The number of rotatable bonds is 8. The maximum absolute atomic E-state index is 13.0. The molecule has 3 rings (SSSR count). The predicted molar refractivity (Wildman–Crippen MR) is 123 cm³/mol. The van der Waals surface area contributed by atoms with Gasteiger partial charge < -0.3 is 5.32 Å². The molecule has 1 atom stereocenters. The second kappa shape index (κ2) is 9.74. The van der Waals surface area contributed by atoms with Gasteiger partial charge in [0.2, 0.25) is 5.91 Å². The Balaban J connectivity index is 1.83. The molecule has 0 aliphatic heterocycles. The Morgan fingerprint density at radius 1 is 1.16 bits per heavy atom. The number of anilines is 1. The Morgan fingerprint density at radius 3 is 2.48 bits per heavy atom. The molecule has 1 aromatic heterocycles. The van der Waals surface area contributed by atoms with Gasteiger partial charge in [0.25, 0.3) is 11.2 Å². The van der Waals surface area contributed by atoms with E-state index in [1.54, 1.807) is 23.6 Å². The number of nitrogens with zero attached hydrogens (tertiary/aromatic N) is 3. The van der Waals surface area contributed by atoms with Crippen molar-refractivity contribution in [1.29, 1.82) is 0 Å². The molecule has 3 aromatic rings. The van der Waals surface area contributed by atoms with E-state index in [1.165, 1.54) is 36.0 Å². The Labute approximate surface area is 183 Å². The molecule has 0 aliphatic carbocycles. The van der Waals surface area contributed by atoms with Gasteiger partial charge in [0.15, 0.2) is 5.16 Å². The number of carbonyl (C=O) groups is 1. The summed E-state index contributed by atoms with van der Waals surface area (Å²) in [6.07, 6.45) is 0.816. The maximum Gasteiger partial charge on any atom is 0.269 e. The number of thioether (sulfide) groups is 1. The lowest BCUT2D eigenvalue weighted by Crippen LogP contribution is -2.27. The van der Waals surface area contributed by atoms with E-state index in [9.17, 15) is 19.7 Å². The largest absolute Gasteiger partial charge is 0.325 e. The first kappa shape index (κ1) is 22.5. The number of benzene rings is 2. The van der Waals surface area contributed by atoms with Gasteiger partial charge in [-0.3, -0.25) is 24.3 Å². The van der Waals surface area contributed by atoms with E-state index >= 15 is 0 Å². The number of nitrogens with one attached hydrogen (secondary N) is 1. The minimum Gasteiger partial charge on any atom is -0.325 e. The van der Waals surface area contributed by atoms with Crippen LogP contribution in [0.4, 0.5) is 11.4 Å². The molecule has 0 saturated carbocycles. The number of non-ortho nitro benzene ring substituents is 1. The van der Waals surface area contributed by atoms with Crippen LogP contribution in [0.3, 0.4) is 0 Å². The van der Waals surface area contributed by atoms with Crippen molar-refractivity contribution >= 4 is 39.9 Å². The lowest BCUT2D eigenvalue weighted by molar-refractivity contribution is -0.384. The van der Waals surface area contributed by atoms with E-state index in [4.69, 9.17) is 0 Å². The molecule has 0 radical (unpaired) electrons. The summed E-state index contributed by atoms with van der Waals surface area (Å²) < 4.78 is 1.64. The van der Waals surface area contributed by atoms with E-state index < -0.39 is 10.2 Å². The summed E-state index contributed by atoms with van der Waals surface area (Å²) in [6, 6.07) is 12.8. The van der Waals surface area contributed by atoms with Gasteiger partial charge in [0.1, 0.15) is 0 Å². The molecule has 0 bridgehead atoms. The third kappa shape index (κ3) is 5.49. The summed E-state index contributed by atoms with van der Waals surface area (Å²) >= 11 is 1.22. The van der Waals surface area contributed by atoms with E-state index in [-0.39, 0.29) is 17.2 Å². The van der Waals surface area contributed by atoms with Gasteiger partial charge in [0, 0.05) is 24.4 Å². The van der Waals surface area contributed by atoms with Crippen molar-refractivity contribution in [2.24, 2.45) is 5.92 Å². The molecule has 0 fully saturated rings. The van der Waals surface area contributed by atoms with Crippen molar-refractivity contribution in [3.63, 3.8) is 0 Å². The molecule has 1 heterocycles. The average Bonchev–Trinajstić information content (AvgIpc) is 2.73. The molecule has 0 saturated heterocycles. The minimum absolute atomic E-state index is 0.0463. The Kier molecular flexibility index (Phi) is 7.06. The van der Waals surface area contributed by atoms with Crippen LogP contribution in [0.1, 0.15) is 27.2 Å². The zero-order chi connectivity index (χ0) is 22.5. The van der Waals surface area contributed by atoms with Crippen LogP contribution in [0.5, 0.6) is 0 Å². The number of nitro benzene ring substituents is 1. The van der Waals surface area contributed by atoms with Crippen LogP contribution < -0.4 is 10.9 Å². The molecule has 9 heteroatoms. The molecular weight excluding hydrogens is 416 g/mol. The number of amides is 1. The lowest BCUT2D eigenvalue weighted by atomic mass is 10.1. The van der Waals surface area contributed by atoms with Gasteiger partial charge in [-0.1, -0.05) is 37.7 Å². The van der Waals surface area contributed by atoms with Gasteiger partial charge in [0.05, 0.1) is 21.1 Å². The smallest absolute Gasteiger partial charge is 0.269 e. The highest BCUT2D eigenvalue weighted by Gasteiger charge is 2.20. The Bertz CT molecular complexity index is 1160. The monoisotopic (exact) mass is 440 g/mol. The number of para-hydroxylation sites is 1. The first-order chi connectivity index (χ1) is 14.8. The van der Waals surface area contributed by atoms with Crippen LogP contribution >= 0.6 is 11.8 Å². The quantitative estimate of drug-likeness (QED) is 0.240.